The van der Waals surface area contributed by atoms with E-state index in [9.17, 15) is 8.42 Å². The molecule has 17 heavy (non-hydrogen) atoms. The first kappa shape index (κ1) is 12.3. The van der Waals surface area contributed by atoms with Crippen molar-refractivity contribution in [3.63, 3.8) is 0 Å². The number of halogens is 2. The minimum absolute atomic E-state index is 0.0930. The highest BCUT2D eigenvalue weighted by atomic mass is 35.5. The van der Waals surface area contributed by atoms with Crippen LogP contribution < -0.4 is 4.18 Å². The molecule has 7 heteroatoms. The van der Waals surface area contributed by atoms with Crippen molar-refractivity contribution in [2.45, 2.75) is 4.90 Å². The third-order valence-electron chi connectivity index (χ3n) is 1.89. The summed E-state index contributed by atoms with van der Waals surface area (Å²) in [6, 6.07) is 7.09. The minimum Gasteiger partial charge on any atom is -0.360 e. The normalized spacial score (nSPS) is 11.4. The molecule has 0 unspecified atom stereocenters. The van der Waals surface area contributed by atoms with E-state index >= 15 is 0 Å². The van der Waals surface area contributed by atoms with Crippen LogP contribution in [0.1, 0.15) is 0 Å². The molecule has 0 amide bonds. The number of aromatic nitrogens is 1. The van der Waals surface area contributed by atoms with Gasteiger partial charge in [0.2, 0.25) is 5.88 Å². The SMILES string of the molecule is O=S(=O)(Oc1ccc[nH]1)c1cc(Cl)cc(Cl)c1. The third-order valence-corrected chi connectivity index (χ3v) is 3.54. The Hall–Kier alpha value is -1.17. The van der Waals surface area contributed by atoms with Crippen LogP contribution in [-0.2, 0) is 10.1 Å². The van der Waals surface area contributed by atoms with E-state index in [0.717, 1.165) is 0 Å². The zero-order valence-corrected chi connectivity index (χ0v) is 10.7. The fraction of sp³-hybridized carbons (Fsp3) is 0. The van der Waals surface area contributed by atoms with Crippen LogP contribution in [0.4, 0.5) is 0 Å². The fourth-order valence-corrected chi connectivity index (χ4v) is 2.84. The topological polar surface area (TPSA) is 59.2 Å². The third kappa shape index (κ3) is 2.94. The van der Waals surface area contributed by atoms with Gasteiger partial charge >= 0.3 is 10.1 Å². The van der Waals surface area contributed by atoms with Crippen LogP contribution in [0.5, 0.6) is 5.88 Å². The van der Waals surface area contributed by atoms with Crippen LogP contribution in [0, 0.1) is 0 Å². The lowest BCUT2D eigenvalue weighted by Gasteiger charge is -2.05. The molecular weight excluding hydrogens is 285 g/mol. The maximum Gasteiger partial charge on any atom is 0.340 e. The van der Waals surface area contributed by atoms with Crippen molar-refractivity contribution in [1.29, 1.82) is 0 Å². The van der Waals surface area contributed by atoms with E-state index in [1.807, 2.05) is 0 Å². The highest BCUT2D eigenvalue weighted by Crippen LogP contribution is 2.24. The van der Waals surface area contributed by atoms with Gasteiger partial charge in [-0.05, 0) is 24.3 Å². The molecule has 0 aliphatic carbocycles. The number of benzene rings is 1. The number of aromatic amines is 1. The molecule has 0 atom stereocenters. The maximum atomic E-state index is 11.8. The van der Waals surface area contributed by atoms with Gasteiger partial charge in [-0.15, -0.1) is 0 Å². The second-order valence-corrected chi connectivity index (χ2v) is 5.60. The molecule has 1 heterocycles. The van der Waals surface area contributed by atoms with E-state index in [1.165, 1.54) is 24.3 Å². The molecule has 0 radical (unpaired) electrons. The predicted molar refractivity (Wildman–Crippen MR) is 65.1 cm³/mol. The van der Waals surface area contributed by atoms with E-state index in [2.05, 4.69) is 4.98 Å². The summed E-state index contributed by atoms with van der Waals surface area (Å²) in [6.07, 6.45) is 1.55. The van der Waals surface area contributed by atoms with Crippen LogP contribution >= 0.6 is 23.2 Å². The van der Waals surface area contributed by atoms with Gasteiger partial charge in [-0.3, -0.25) is 0 Å². The molecule has 0 saturated carbocycles. The first-order valence-corrected chi connectivity index (χ1v) is 6.68. The lowest BCUT2D eigenvalue weighted by molar-refractivity contribution is 0.478. The molecule has 4 nitrogen and oxygen atoms in total. The highest BCUT2D eigenvalue weighted by Gasteiger charge is 2.18. The number of hydrogen-bond donors (Lipinski definition) is 1. The number of hydrogen-bond acceptors (Lipinski definition) is 3. The summed E-state index contributed by atoms with van der Waals surface area (Å²) in [5.74, 6) is 0.126. The smallest absolute Gasteiger partial charge is 0.340 e. The predicted octanol–water partition coefficient (Wildman–Crippen LogP) is 3.09. The first-order valence-electron chi connectivity index (χ1n) is 4.51. The maximum absolute atomic E-state index is 11.8. The highest BCUT2D eigenvalue weighted by molar-refractivity contribution is 7.87. The average Bonchev–Trinajstić information content (AvgIpc) is 2.68. The summed E-state index contributed by atoms with van der Waals surface area (Å²) in [5, 5.41) is 0.456. The molecule has 1 aromatic heterocycles. The van der Waals surface area contributed by atoms with Crippen molar-refractivity contribution in [3.05, 3.63) is 46.6 Å². The van der Waals surface area contributed by atoms with Crippen molar-refractivity contribution in [2.24, 2.45) is 0 Å². The van der Waals surface area contributed by atoms with Crippen molar-refractivity contribution >= 4 is 33.3 Å². The Bertz CT molecular complexity index is 603. The molecule has 0 fully saturated rings. The van der Waals surface area contributed by atoms with Crippen LogP contribution in [0.2, 0.25) is 10.0 Å². The largest absolute Gasteiger partial charge is 0.360 e. The van der Waals surface area contributed by atoms with Gasteiger partial charge in [0.25, 0.3) is 0 Å². The molecule has 90 valence electrons. The van der Waals surface area contributed by atoms with Crippen LogP contribution in [-0.4, -0.2) is 13.4 Å². The lowest BCUT2D eigenvalue weighted by atomic mass is 10.4. The summed E-state index contributed by atoms with van der Waals surface area (Å²) in [5.41, 5.74) is 0. The summed E-state index contributed by atoms with van der Waals surface area (Å²) in [7, 11) is -3.93. The Kier molecular flexibility index (Phi) is 3.33. The van der Waals surface area contributed by atoms with Gasteiger partial charge in [0.15, 0.2) is 0 Å². The van der Waals surface area contributed by atoms with Gasteiger partial charge in [0.05, 0.1) is 0 Å². The van der Waals surface area contributed by atoms with E-state index in [0.29, 0.717) is 0 Å². The van der Waals surface area contributed by atoms with Gasteiger partial charge < -0.3 is 9.17 Å². The Morgan fingerprint density at radius 1 is 1.12 bits per heavy atom. The van der Waals surface area contributed by atoms with Crippen molar-refractivity contribution in [1.82, 2.24) is 4.98 Å². The van der Waals surface area contributed by atoms with Crippen LogP contribution in [0.15, 0.2) is 41.4 Å². The number of rotatable bonds is 3. The van der Waals surface area contributed by atoms with E-state index in [-0.39, 0.29) is 20.8 Å². The monoisotopic (exact) mass is 291 g/mol. The Balaban J connectivity index is 2.38. The molecule has 1 aromatic carbocycles. The molecule has 0 aliphatic heterocycles. The number of nitrogens with one attached hydrogen (secondary N) is 1. The minimum atomic E-state index is -3.93. The molecule has 0 bridgehead atoms. The van der Waals surface area contributed by atoms with Crippen LogP contribution in [0.3, 0.4) is 0 Å². The van der Waals surface area contributed by atoms with E-state index < -0.39 is 10.1 Å². The number of H-pyrrole nitrogens is 1. The Morgan fingerprint density at radius 3 is 2.29 bits per heavy atom. The van der Waals surface area contributed by atoms with Crippen LogP contribution in [0.25, 0.3) is 0 Å². The molecule has 0 spiro atoms. The van der Waals surface area contributed by atoms with Gasteiger partial charge in [0, 0.05) is 22.3 Å². The summed E-state index contributed by atoms with van der Waals surface area (Å²) in [6.45, 7) is 0. The quantitative estimate of drug-likeness (QED) is 0.884. The average molecular weight is 292 g/mol. The molecular formula is C10H7Cl2NO3S. The van der Waals surface area contributed by atoms with Crippen molar-refractivity contribution in [2.75, 3.05) is 0 Å². The molecule has 2 aromatic rings. The zero-order valence-electron chi connectivity index (χ0n) is 8.35. The molecule has 0 saturated heterocycles. The summed E-state index contributed by atoms with van der Waals surface area (Å²) in [4.78, 5) is 2.53. The van der Waals surface area contributed by atoms with Crippen molar-refractivity contribution < 1.29 is 12.6 Å². The molecule has 2 rings (SSSR count). The van der Waals surface area contributed by atoms with E-state index in [4.69, 9.17) is 27.4 Å². The van der Waals surface area contributed by atoms with E-state index in [1.54, 1.807) is 12.3 Å². The first-order chi connectivity index (χ1) is 7.97. The Labute approximate surface area is 108 Å². The summed E-state index contributed by atoms with van der Waals surface area (Å²) < 4.78 is 28.5. The second-order valence-electron chi connectivity index (χ2n) is 3.18. The lowest BCUT2D eigenvalue weighted by Crippen LogP contribution is -2.09. The zero-order chi connectivity index (χ0) is 12.5. The molecule has 1 N–H and O–H groups in total. The Morgan fingerprint density at radius 2 is 1.76 bits per heavy atom. The fourth-order valence-electron chi connectivity index (χ4n) is 1.20. The standard InChI is InChI=1S/C10H7Cl2NO3S/c11-7-4-8(12)6-9(5-7)17(14,15)16-10-2-1-3-13-10/h1-6,13H. The van der Waals surface area contributed by atoms with Gasteiger partial charge in [0.1, 0.15) is 4.90 Å². The van der Waals surface area contributed by atoms with Gasteiger partial charge in [-0.25, -0.2) is 0 Å². The molecule has 0 aliphatic rings. The van der Waals surface area contributed by atoms with Gasteiger partial charge in [-0.2, -0.15) is 8.42 Å². The second kappa shape index (κ2) is 4.60. The summed E-state index contributed by atoms with van der Waals surface area (Å²) >= 11 is 11.5. The van der Waals surface area contributed by atoms with Crippen molar-refractivity contribution in [3.8, 4) is 5.88 Å². The van der Waals surface area contributed by atoms with Gasteiger partial charge in [-0.1, -0.05) is 23.2 Å².